The summed E-state index contributed by atoms with van der Waals surface area (Å²) in [6, 6.07) is 0. The molecule has 0 bridgehead atoms. The molecule has 9 nitrogen and oxygen atoms in total. The third-order valence-electron chi connectivity index (χ3n) is 1.19. The summed E-state index contributed by atoms with van der Waals surface area (Å²) >= 11 is 0. The molecule has 0 unspecified atom stereocenters. The maximum atomic E-state index is 9.60. The normalized spacial score (nSPS) is 7.26. The average molecular weight is 333 g/mol. The summed E-state index contributed by atoms with van der Waals surface area (Å²) in [5.74, 6) is -2.85. The highest BCUT2D eigenvalue weighted by molar-refractivity contribution is 5.85. The fourth-order valence-corrected chi connectivity index (χ4v) is 0.142. The molecule has 0 aliphatic carbocycles. The maximum absolute atomic E-state index is 9.60. The molecule has 0 saturated heterocycles. The van der Waals surface area contributed by atoms with Gasteiger partial charge in [-0.1, -0.05) is 19.7 Å². The molecule has 0 saturated carbocycles. The van der Waals surface area contributed by atoms with Crippen LogP contribution in [0.25, 0.3) is 0 Å². The van der Waals surface area contributed by atoms with Crippen LogP contribution in [0.15, 0.2) is 37.0 Å². The molecule has 0 rings (SSSR count). The zero-order valence-electron chi connectivity index (χ0n) is 13.4. The highest BCUT2D eigenvalue weighted by Crippen LogP contribution is 1.81. The standard InChI is InChI=1S/2C4H6O2.C3H7NO2.C3H4O2/c2*1-3(2)4(5)6;1-2-6-3(4)5;1-2-3(4)5/h2*1H2,2H3,(H,5,6);2H2,1H3,(H2,4,5);2H,1H2,(H,4,5). The number of aliphatic carboxylic acids is 3. The number of hydrogen-bond donors (Lipinski definition) is 4. The van der Waals surface area contributed by atoms with Gasteiger partial charge in [0.25, 0.3) is 0 Å². The lowest BCUT2D eigenvalue weighted by Gasteiger charge is -1.89. The molecule has 0 aliphatic rings. The number of carbonyl (C=O) groups excluding carboxylic acids is 1. The van der Waals surface area contributed by atoms with E-state index in [2.05, 4.69) is 30.2 Å². The summed E-state index contributed by atoms with van der Waals surface area (Å²) in [7, 11) is 0. The first-order chi connectivity index (χ1) is 10.3. The number of carboxylic acid groups (broad SMARTS) is 3. The summed E-state index contributed by atoms with van der Waals surface area (Å²) in [6.45, 7) is 14.2. The molecule has 132 valence electrons. The van der Waals surface area contributed by atoms with Crippen LogP contribution < -0.4 is 5.73 Å². The summed E-state index contributed by atoms with van der Waals surface area (Å²) in [5.41, 5.74) is 4.89. The van der Waals surface area contributed by atoms with Gasteiger partial charge in [0.15, 0.2) is 0 Å². The Morgan fingerprint density at radius 1 is 1.00 bits per heavy atom. The summed E-state index contributed by atoms with van der Waals surface area (Å²) in [5, 5.41) is 23.4. The molecule has 1 amide bonds. The van der Waals surface area contributed by atoms with Crippen LogP contribution in [0.3, 0.4) is 0 Å². The quantitative estimate of drug-likeness (QED) is 0.564. The summed E-state index contributed by atoms with van der Waals surface area (Å²) < 4.78 is 4.18. The molecule has 0 aliphatic heterocycles. The highest BCUT2D eigenvalue weighted by Gasteiger charge is 1.90. The van der Waals surface area contributed by atoms with Crippen LogP contribution in [0.1, 0.15) is 20.8 Å². The van der Waals surface area contributed by atoms with Gasteiger partial charge < -0.3 is 25.8 Å². The van der Waals surface area contributed by atoms with Gasteiger partial charge in [-0.3, -0.25) is 0 Å². The second-order valence-electron chi connectivity index (χ2n) is 3.47. The average Bonchev–Trinajstić information content (AvgIpc) is 2.40. The van der Waals surface area contributed by atoms with E-state index < -0.39 is 24.0 Å². The van der Waals surface area contributed by atoms with Crippen LogP contribution in [0.2, 0.25) is 0 Å². The minimum atomic E-state index is -0.981. The second-order valence-corrected chi connectivity index (χ2v) is 3.47. The number of hydrogen-bond acceptors (Lipinski definition) is 5. The van der Waals surface area contributed by atoms with Crippen LogP contribution in [-0.4, -0.2) is 45.9 Å². The van der Waals surface area contributed by atoms with Crippen LogP contribution in [0, 0.1) is 0 Å². The van der Waals surface area contributed by atoms with Crippen molar-refractivity contribution in [2.75, 3.05) is 6.61 Å². The molecule has 0 atom stereocenters. The predicted octanol–water partition coefficient (Wildman–Crippen LogP) is 1.65. The van der Waals surface area contributed by atoms with Crippen molar-refractivity contribution in [3.8, 4) is 0 Å². The van der Waals surface area contributed by atoms with Crippen LogP contribution in [0.5, 0.6) is 0 Å². The van der Waals surface area contributed by atoms with Gasteiger partial charge in [0, 0.05) is 17.2 Å². The molecule has 0 aromatic carbocycles. The lowest BCUT2D eigenvalue weighted by molar-refractivity contribution is -0.133. The van der Waals surface area contributed by atoms with E-state index in [4.69, 9.17) is 15.3 Å². The number of carboxylic acids is 3. The van der Waals surface area contributed by atoms with E-state index in [1.165, 1.54) is 13.8 Å². The first-order valence-corrected chi connectivity index (χ1v) is 5.88. The molecule has 23 heavy (non-hydrogen) atoms. The van der Waals surface area contributed by atoms with Crippen LogP contribution in [-0.2, 0) is 19.1 Å². The Kier molecular flexibility index (Phi) is 23.1. The third-order valence-corrected chi connectivity index (χ3v) is 1.19. The molecule has 0 aromatic rings. The van der Waals surface area contributed by atoms with E-state index in [0.717, 1.165) is 6.08 Å². The molecule has 0 heterocycles. The Morgan fingerprint density at radius 2 is 1.22 bits per heavy atom. The zero-order valence-corrected chi connectivity index (χ0v) is 13.4. The maximum Gasteiger partial charge on any atom is 0.404 e. The Bertz CT molecular complexity index is 392. The molecule has 0 aromatic heterocycles. The van der Waals surface area contributed by atoms with Crippen molar-refractivity contribution in [3.05, 3.63) is 37.0 Å². The minimum absolute atomic E-state index is 0.176. The van der Waals surface area contributed by atoms with Crippen molar-refractivity contribution in [1.82, 2.24) is 0 Å². The minimum Gasteiger partial charge on any atom is -0.478 e. The lowest BCUT2D eigenvalue weighted by Crippen LogP contribution is -2.11. The number of primary amides is 1. The van der Waals surface area contributed by atoms with E-state index in [1.807, 2.05) is 0 Å². The molecule has 0 radical (unpaired) electrons. The van der Waals surface area contributed by atoms with Crippen molar-refractivity contribution >= 4 is 24.0 Å². The predicted molar refractivity (Wildman–Crippen MR) is 83.9 cm³/mol. The van der Waals surface area contributed by atoms with E-state index in [-0.39, 0.29) is 11.1 Å². The Balaban J connectivity index is -0.000000105. The molecule has 9 heteroatoms. The number of ether oxygens (including phenoxy) is 1. The third kappa shape index (κ3) is 55.1. The van der Waals surface area contributed by atoms with E-state index in [0.29, 0.717) is 6.61 Å². The lowest BCUT2D eigenvalue weighted by atomic mass is 10.4. The van der Waals surface area contributed by atoms with E-state index in [9.17, 15) is 19.2 Å². The van der Waals surface area contributed by atoms with E-state index >= 15 is 0 Å². The monoisotopic (exact) mass is 333 g/mol. The van der Waals surface area contributed by atoms with Gasteiger partial charge in [-0.15, -0.1) is 0 Å². The fraction of sp³-hybridized carbons (Fsp3) is 0.286. The molecule has 0 fully saturated rings. The second kappa shape index (κ2) is 18.9. The fourth-order valence-electron chi connectivity index (χ4n) is 0.142. The Hall–Kier alpha value is -3.10. The van der Waals surface area contributed by atoms with Gasteiger partial charge in [0.05, 0.1) is 6.61 Å². The molecular formula is C14H23NO8. The smallest absolute Gasteiger partial charge is 0.404 e. The summed E-state index contributed by atoms with van der Waals surface area (Å²) in [6.07, 6.45) is 0.123. The Labute approximate surface area is 134 Å². The molecule has 5 N–H and O–H groups in total. The largest absolute Gasteiger partial charge is 0.478 e. The van der Waals surface area contributed by atoms with Crippen LogP contribution >= 0.6 is 0 Å². The van der Waals surface area contributed by atoms with Gasteiger partial charge >= 0.3 is 24.0 Å². The Morgan fingerprint density at radius 3 is 1.22 bits per heavy atom. The number of nitrogens with two attached hydrogens (primary N) is 1. The zero-order chi connectivity index (χ0) is 19.6. The van der Waals surface area contributed by atoms with Gasteiger partial charge in [-0.05, 0) is 20.8 Å². The number of carbonyl (C=O) groups is 4. The summed E-state index contributed by atoms with van der Waals surface area (Å²) in [4.78, 5) is 38.0. The molecule has 0 spiro atoms. The number of rotatable bonds is 4. The first-order valence-electron chi connectivity index (χ1n) is 5.88. The van der Waals surface area contributed by atoms with Gasteiger partial charge in [-0.25, -0.2) is 19.2 Å². The van der Waals surface area contributed by atoms with Crippen molar-refractivity contribution in [2.24, 2.45) is 5.73 Å². The SMILES string of the molecule is C=C(C)C(=O)O.C=C(C)C(=O)O.C=CC(=O)O.CCOC(N)=O. The van der Waals surface area contributed by atoms with Crippen molar-refractivity contribution in [2.45, 2.75) is 20.8 Å². The van der Waals surface area contributed by atoms with E-state index in [1.54, 1.807) is 6.92 Å². The molecular weight excluding hydrogens is 310 g/mol. The van der Waals surface area contributed by atoms with Crippen molar-refractivity contribution in [1.29, 1.82) is 0 Å². The van der Waals surface area contributed by atoms with Gasteiger partial charge in [0.2, 0.25) is 0 Å². The van der Waals surface area contributed by atoms with Gasteiger partial charge in [-0.2, -0.15) is 0 Å². The van der Waals surface area contributed by atoms with Crippen molar-refractivity contribution in [3.63, 3.8) is 0 Å². The topological polar surface area (TPSA) is 164 Å². The first kappa shape index (κ1) is 28.1. The van der Waals surface area contributed by atoms with Crippen molar-refractivity contribution < 1.29 is 39.2 Å². The van der Waals surface area contributed by atoms with Crippen LogP contribution in [0.4, 0.5) is 4.79 Å². The van der Waals surface area contributed by atoms with Gasteiger partial charge in [0.1, 0.15) is 0 Å². The highest BCUT2D eigenvalue weighted by atomic mass is 16.5. The number of amides is 1.